The number of aromatic nitrogens is 1. The van der Waals surface area contributed by atoms with E-state index in [1.165, 1.54) is 34.3 Å². The van der Waals surface area contributed by atoms with E-state index >= 15 is 0 Å². The van der Waals surface area contributed by atoms with Crippen LogP contribution in [-0.4, -0.2) is 74.4 Å². The quantitative estimate of drug-likeness (QED) is 0.576. The number of ether oxygens (including phenoxy) is 1. The third-order valence-electron chi connectivity index (χ3n) is 5.52. The van der Waals surface area contributed by atoms with Gasteiger partial charge in [-0.15, -0.1) is 0 Å². The SMILES string of the molecule is COC(=O)c1cn(C(=O)c2cccc(S(=O)(=O)N3CCN(C)CC3)c2)c2ccccc12. The summed E-state index contributed by atoms with van der Waals surface area (Å²) in [6.07, 6.45) is 1.43. The minimum Gasteiger partial charge on any atom is -0.465 e. The highest BCUT2D eigenvalue weighted by molar-refractivity contribution is 7.89. The number of piperazine rings is 1. The van der Waals surface area contributed by atoms with Gasteiger partial charge in [0.2, 0.25) is 10.0 Å². The first-order valence-electron chi connectivity index (χ1n) is 9.85. The van der Waals surface area contributed by atoms with E-state index in [1.54, 1.807) is 36.4 Å². The second-order valence-corrected chi connectivity index (χ2v) is 9.40. The highest BCUT2D eigenvalue weighted by atomic mass is 32.2. The van der Waals surface area contributed by atoms with Crippen LogP contribution in [0.2, 0.25) is 0 Å². The van der Waals surface area contributed by atoms with Crippen LogP contribution in [-0.2, 0) is 14.8 Å². The molecule has 0 amide bonds. The lowest BCUT2D eigenvalue weighted by atomic mass is 10.2. The van der Waals surface area contributed by atoms with Gasteiger partial charge in [0.25, 0.3) is 5.91 Å². The number of fused-ring (bicyclic) bond motifs is 1. The number of sulfonamides is 1. The van der Waals surface area contributed by atoms with E-state index in [-0.39, 0.29) is 16.0 Å². The van der Waals surface area contributed by atoms with E-state index in [9.17, 15) is 18.0 Å². The third-order valence-corrected chi connectivity index (χ3v) is 7.41. The van der Waals surface area contributed by atoms with E-state index in [4.69, 9.17) is 4.74 Å². The van der Waals surface area contributed by atoms with Gasteiger partial charge in [-0.2, -0.15) is 4.31 Å². The van der Waals surface area contributed by atoms with Crippen molar-refractivity contribution in [2.24, 2.45) is 0 Å². The minimum absolute atomic E-state index is 0.0764. The fraction of sp³-hybridized carbons (Fsp3) is 0.273. The molecule has 9 heteroatoms. The smallest absolute Gasteiger partial charge is 0.340 e. The van der Waals surface area contributed by atoms with Crippen LogP contribution in [0, 0.1) is 0 Å². The van der Waals surface area contributed by atoms with Crippen molar-refractivity contribution in [3.05, 3.63) is 65.9 Å². The summed E-state index contributed by atoms with van der Waals surface area (Å²) in [6.45, 7) is 2.12. The summed E-state index contributed by atoms with van der Waals surface area (Å²) in [5.41, 5.74) is 1.03. The van der Waals surface area contributed by atoms with E-state index in [0.29, 0.717) is 37.1 Å². The Morgan fingerprint density at radius 3 is 2.39 bits per heavy atom. The molecule has 8 nitrogen and oxygen atoms in total. The maximum absolute atomic E-state index is 13.3. The second-order valence-electron chi connectivity index (χ2n) is 7.46. The number of esters is 1. The standard InChI is InChI=1S/C22H23N3O5S/c1-23-10-12-24(13-11-23)31(28,29)17-7-5-6-16(14-17)21(26)25-15-19(22(27)30-2)18-8-3-4-9-20(18)25/h3-9,14-15H,10-13H2,1-2H3. The molecule has 0 aliphatic carbocycles. The Balaban J connectivity index is 1.72. The lowest BCUT2D eigenvalue weighted by Crippen LogP contribution is -2.47. The van der Waals surface area contributed by atoms with Crippen LogP contribution in [0.25, 0.3) is 10.9 Å². The Hall–Kier alpha value is -3.01. The van der Waals surface area contributed by atoms with Crippen molar-refractivity contribution in [1.29, 1.82) is 0 Å². The van der Waals surface area contributed by atoms with Crippen LogP contribution >= 0.6 is 0 Å². The summed E-state index contributed by atoms with van der Waals surface area (Å²) in [6, 6.07) is 13.0. The van der Waals surface area contributed by atoms with Gasteiger partial charge in [-0.05, 0) is 31.3 Å². The molecule has 1 aliphatic rings. The highest BCUT2D eigenvalue weighted by Crippen LogP contribution is 2.24. The molecule has 0 unspecified atom stereocenters. The maximum atomic E-state index is 13.3. The second kappa shape index (κ2) is 8.26. The van der Waals surface area contributed by atoms with Crippen molar-refractivity contribution >= 4 is 32.8 Å². The molecule has 2 aromatic carbocycles. The van der Waals surface area contributed by atoms with Crippen LogP contribution in [0.5, 0.6) is 0 Å². The summed E-state index contributed by atoms with van der Waals surface area (Å²) < 4.78 is 33.8. The number of carbonyl (C=O) groups is 2. The molecule has 4 rings (SSSR count). The fourth-order valence-electron chi connectivity index (χ4n) is 3.73. The molecule has 0 spiro atoms. The summed E-state index contributed by atoms with van der Waals surface area (Å²) in [5.74, 6) is -0.976. The van der Waals surface area contributed by atoms with Gasteiger partial charge in [0.05, 0.1) is 23.1 Å². The van der Waals surface area contributed by atoms with Crippen LogP contribution in [0.3, 0.4) is 0 Å². The van der Waals surface area contributed by atoms with Gasteiger partial charge in [0.1, 0.15) is 0 Å². The van der Waals surface area contributed by atoms with Crippen molar-refractivity contribution in [2.45, 2.75) is 4.90 Å². The van der Waals surface area contributed by atoms with E-state index in [0.717, 1.165) is 0 Å². The number of carbonyl (C=O) groups excluding carboxylic acids is 2. The molecular weight excluding hydrogens is 418 g/mol. The monoisotopic (exact) mass is 441 g/mol. The van der Waals surface area contributed by atoms with Gasteiger partial charge in [-0.3, -0.25) is 9.36 Å². The first-order chi connectivity index (χ1) is 14.8. The molecule has 0 N–H and O–H groups in total. The number of benzene rings is 2. The highest BCUT2D eigenvalue weighted by Gasteiger charge is 2.28. The van der Waals surface area contributed by atoms with E-state index in [2.05, 4.69) is 4.90 Å². The molecule has 1 saturated heterocycles. The van der Waals surface area contributed by atoms with Crippen molar-refractivity contribution < 1.29 is 22.7 Å². The van der Waals surface area contributed by atoms with Crippen LogP contribution in [0.15, 0.2) is 59.6 Å². The third kappa shape index (κ3) is 3.87. The number of para-hydroxylation sites is 1. The summed E-state index contributed by atoms with van der Waals surface area (Å²) in [4.78, 5) is 27.6. The first kappa shape index (κ1) is 21.2. The summed E-state index contributed by atoms with van der Waals surface area (Å²) >= 11 is 0. The van der Waals surface area contributed by atoms with Crippen LogP contribution in [0.4, 0.5) is 0 Å². The summed E-state index contributed by atoms with van der Waals surface area (Å²) in [5, 5.41) is 0.587. The number of hydrogen-bond donors (Lipinski definition) is 0. The van der Waals surface area contributed by atoms with Gasteiger partial charge >= 0.3 is 5.97 Å². The zero-order chi connectivity index (χ0) is 22.2. The van der Waals surface area contributed by atoms with E-state index in [1.807, 2.05) is 7.05 Å². The molecule has 0 bridgehead atoms. The Morgan fingerprint density at radius 1 is 0.968 bits per heavy atom. The Morgan fingerprint density at radius 2 is 1.68 bits per heavy atom. The molecule has 162 valence electrons. The molecule has 0 atom stereocenters. The molecule has 1 aliphatic heterocycles. The molecular formula is C22H23N3O5S. The van der Waals surface area contributed by atoms with Crippen molar-refractivity contribution in [2.75, 3.05) is 40.3 Å². The first-order valence-corrected chi connectivity index (χ1v) is 11.3. The Labute approximate surface area is 180 Å². The molecule has 2 heterocycles. The number of rotatable bonds is 4. The van der Waals surface area contributed by atoms with Gasteiger partial charge < -0.3 is 9.64 Å². The molecule has 1 fully saturated rings. The van der Waals surface area contributed by atoms with Gasteiger partial charge in [-0.1, -0.05) is 24.3 Å². The lowest BCUT2D eigenvalue weighted by Gasteiger charge is -2.31. The lowest BCUT2D eigenvalue weighted by molar-refractivity contribution is 0.0603. The zero-order valence-electron chi connectivity index (χ0n) is 17.3. The predicted molar refractivity (Wildman–Crippen MR) is 116 cm³/mol. The Bertz CT molecular complexity index is 1260. The van der Waals surface area contributed by atoms with Gasteiger partial charge in [-0.25, -0.2) is 13.2 Å². The fourth-order valence-corrected chi connectivity index (χ4v) is 5.20. The summed E-state index contributed by atoms with van der Waals surface area (Å²) in [7, 11) is -0.475. The average Bonchev–Trinajstić information content (AvgIpc) is 3.18. The largest absolute Gasteiger partial charge is 0.465 e. The number of hydrogen-bond acceptors (Lipinski definition) is 6. The average molecular weight is 442 g/mol. The van der Waals surface area contributed by atoms with E-state index < -0.39 is 21.9 Å². The van der Waals surface area contributed by atoms with Crippen LogP contribution in [0.1, 0.15) is 20.7 Å². The normalized spacial score (nSPS) is 15.8. The molecule has 31 heavy (non-hydrogen) atoms. The topological polar surface area (TPSA) is 88.9 Å². The molecule has 3 aromatic rings. The van der Waals surface area contributed by atoms with Crippen molar-refractivity contribution in [3.63, 3.8) is 0 Å². The minimum atomic E-state index is -3.71. The molecule has 0 saturated carbocycles. The van der Waals surface area contributed by atoms with Crippen molar-refractivity contribution in [3.8, 4) is 0 Å². The number of nitrogens with zero attached hydrogens (tertiary/aromatic N) is 3. The predicted octanol–water partition coefficient (Wildman–Crippen LogP) is 2.05. The zero-order valence-corrected chi connectivity index (χ0v) is 18.1. The van der Waals surface area contributed by atoms with Crippen LogP contribution < -0.4 is 0 Å². The van der Waals surface area contributed by atoms with Gasteiger partial charge in [0, 0.05) is 43.3 Å². The maximum Gasteiger partial charge on any atom is 0.340 e. The Kier molecular flexibility index (Phi) is 5.65. The van der Waals surface area contributed by atoms with Crippen molar-refractivity contribution in [1.82, 2.24) is 13.8 Å². The van der Waals surface area contributed by atoms with Gasteiger partial charge in [0.15, 0.2) is 0 Å². The molecule has 0 radical (unpaired) electrons. The number of likely N-dealkylation sites (N-methyl/N-ethyl adjacent to an activating group) is 1. The number of methoxy groups -OCH3 is 1. The molecule has 1 aromatic heterocycles.